The molecule has 0 saturated carbocycles. The molecular weight excluding hydrogens is 284 g/mol. The Bertz CT molecular complexity index is 709. The Morgan fingerprint density at radius 3 is 2.50 bits per heavy atom. The van der Waals surface area contributed by atoms with Gasteiger partial charge in [-0.25, -0.2) is 8.78 Å². The predicted octanol–water partition coefficient (Wildman–Crippen LogP) is 4.11. The Balaban J connectivity index is 2.49. The molecule has 1 atom stereocenters. The maximum absolute atomic E-state index is 13.6. The molecule has 0 spiro atoms. The van der Waals surface area contributed by atoms with E-state index in [0.29, 0.717) is 0 Å². The van der Waals surface area contributed by atoms with Gasteiger partial charge in [0.15, 0.2) is 17.4 Å². The minimum absolute atomic E-state index is 0.226. The van der Waals surface area contributed by atoms with Gasteiger partial charge in [-0.2, -0.15) is 5.26 Å². The van der Waals surface area contributed by atoms with E-state index in [-0.39, 0.29) is 10.6 Å². The second-order valence-corrected chi connectivity index (χ2v) is 4.46. The summed E-state index contributed by atoms with van der Waals surface area (Å²) in [6, 6.07) is 11.3. The summed E-state index contributed by atoms with van der Waals surface area (Å²) in [5.41, 5.74) is -0.193. The summed E-state index contributed by atoms with van der Waals surface area (Å²) < 4.78 is 26.8. The first-order valence-corrected chi connectivity index (χ1v) is 6.06. The zero-order valence-corrected chi connectivity index (χ0v) is 10.9. The fourth-order valence-corrected chi connectivity index (χ4v) is 2.07. The zero-order valence-electron chi connectivity index (χ0n) is 10.1. The topological polar surface area (TPSA) is 40.9 Å². The maximum atomic E-state index is 13.6. The maximum Gasteiger partial charge on any atom is 0.187 e. The summed E-state index contributed by atoms with van der Waals surface area (Å²) in [5, 5.41) is 9.38. The first-order valence-electron chi connectivity index (χ1n) is 5.68. The molecule has 5 heteroatoms. The van der Waals surface area contributed by atoms with E-state index < -0.39 is 28.9 Å². The molecular formula is C15H8ClF2NO. The van der Waals surface area contributed by atoms with Gasteiger partial charge in [-0.1, -0.05) is 35.9 Å². The SMILES string of the molecule is N#CC(C(=O)c1cccc(F)c1F)c1ccccc1Cl. The Morgan fingerprint density at radius 2 is 1.85 bits per heavy atom. The molecule has 2 nitrogen and oxygen atoms in total. The van der Waals surface area contributed by atoms with E-state index in [0.717, 1.165) is 12.1 Å². The van der Waals surface area contributed by atoms with Crippen molar-refractivity contribution >= 4 is 17.4 Å². The zero-order chi connectivity index (χ0) is 14.7. The van der Waals surface area contributed by atoms with E-state index in [2.05, 4.69) is 0 Å². The lowest BCUT2D eigenvalue weighted by molar-refractivity contribution is 0.0974. The third kappa shape index (κ3) is 2.54. The van der Waals surface area contributed by atoms with Crippen LogP contribution < -0.4 is 0 Å². The van der Waals surface area contributed by atoms with Crippen molar-refractivity contribution in [3.05, 3.63) is 70.2 Å². The number of nitriles is 1. The van der Waals surface area contributed by atoms with Crippen LogP contribution in [0.2, 0.25) is 5.02 Å². The van der Waals surface area contributed by atoms with E-state index in [1.165, 1.54) is 18.2 Å². The molecule has 1 unspecified atom stereocenters. The Hall–Kier alpha value is -2.25. The van der Waals surface area contributed by atoms with Crippen LogP contribution in [0, 0.1) is 23.0 Å². The number of halogens is 3. The normalized spacial score (nSPS) is 11.7. The molecule has 0 N–H and O–H groups in total. The van der Waals surface area contributed by atoms with Gasteiger partial charge < -0.3 is 0 Å². The Kier molecular flexibility index (Phi) is 4.11. The largest absolute Gasteiger partial charge is 0.292 e. The highest BCUT2D eigenvalue weighted by molar-refractivity contribution is 6.31. The molecule has 0 aliphatic heterocycles. The molecule has 0 bridgehead atoms. The van der Waals surface area contributed by atoms with Crippen LogP contribution in [-0.2, 0) is 0 Å². The van der Waals surface area contributed by atoms with Gasteiger partial charge in [0.05, 0.1) is 11.6 Å². The van der Waals surface area contributed by atoms with Gasteiger partial charge in [-0.15, -0.1) is 0 Å². The third-order valence-electron chi connectivity index (χ3n) is 2.82. The number of carbonyl (C=O) groups excluding carboxylic acids is 1. The van der Waals surface area contributed by atoms with Crippen LogP contribution in [0.15, 0.2) is 42.5 Å². The summed E-state index contributed by atoms with van der Waals surface area (Å²) in [6.45, 7) is 0. The monoisotopic (exact) mass is 291 g/mol. The smallest absolute Gasteiger partial charge is 0.187 e. The molecule has 100 valence electrons. The highest BCUT2D eigenvalue weighted by atomic mass is 35.5. The van der Waals surface area contributed by atoms with Gasteiger partial charge in [0.25, 0.3) is 0 Å². The summed E-state index contributed by atoms with van der Waals surface area (Å²) in [6.07, 6.45) is 0. The number of hydrogen-bond acceptors (Lipinski definition) is 2. The van der Waals surface area contributed by atoms with Crippen molar-refractivity contribution in [2.75, 3.05) is 0 Å². The minimum atomic E-state index is -1.28. The molecule has 0 radical (unpaired) electrons. The molecule has 0 fully saturated rings. The average molecular weight is 292 g/mol. The summed E-state index contributed by atoms with van der Waals surface area (Å²) in [5.74, 6) is -4.49. The van der Waals surface area contributed by atoms with Gasteiger partial charge >= 0.3 is 0 Å². The molecule has 0 amide bonds. The van der Waals surface area contributed by atoms with Crippen molar-refractivity contribution in [1.82, 2.24) is 0 Å². The van der Waals surface area contributed by atoms with Crippen LogP contribution in [-0.4, -0.2) is 5.78 Å². The van der Waals surface area contributed by atoms with E-state index >= 15 is 0 Å². The molecule has 0 aromatic heterocycles. The van der Waals surface area contributed by atoms with E-state index in [1.54, 1.807) is 18.2 Å². The van der Waals surface area contributed by atoms with Gasteiger partial charge in [-0.05, 0) is 23.8 Å². The standard InChI is InChI=1S/C15H8ClF2NO/c16-12-6-2-1-4-9(12)11(8-19)15(20)10-5-3-7-13(17)14(10)18/h1-7,11H. The fraction of sp³-hybridized carbons (Fsp3) is 0.0667. The molecule has 20 heavy (non-hydrogen) atoms. The molecule has 2 aromatic rings. The number of rotatable bonds is 3. The van der Waals surface area contributed by atoms with Crippen LogP contribution in [0.1, 0.15) is 21.8 Å². The molecule has 0 aliphatic rings. The number of ketones is 1. The summed E-state index contributed by atoms with van der Waals surface area (Å²) in [7, 11) is 0. The van der Waals surface area contributed by atoms with Gasteiger partial charge in [0, 0.05) is 5.02 Å². The number of carbonyl (C=O) groups is 1. The molecule has 0 heterocycles. The average Bonchev–Trinajstić information content (AvgIpc) is 2.44. The molecule has 0 aliphatic carbocycles. The lowest BCUT2D eigenvalue weighted by Crippen LogP contribution is -2.14. The van der Waals surface area contributed by atoms with Crippen LogP contribution in [0.5, 0.6) is 0 Å². The lowest BCUT2D eigenvalue weighted by atomic mass is 9.91. The fourth-order valence-electron chi connectivity index (χ4n) is 1.83. The Labute approximate surface area is 119 Å². The van der Waals surface area contributed by atoms with Crippen LogP contribution in [0.4, 0.5) is 8.78 Å². The second kappa shape index (κ2) is 5.81. The Morgan fingerprint density at radius 1 is 1.15 bits per heavy atom. The van der Waals surface area contributed by atoms with Crippen molar-refractivity contribution in [2.24, 2.45) is 0 Å². The number of benzene rings is 2. The lowest BCUT2D eigenvalue weighted by Gasteiger charge is -2.11. The van der Waals surface area contributed by atoms with Crippen molar-refractivity contribution in [1.29, 1.82) is 5.26 Å². The quantitative estimate of drug-likeness (QED) is 0.799. The third-order valence-corrected chi connectivity index (χ3v) is 3.17. The summed E-state index contributed by atoms with van der Waals surface area (Å²) >= 11 is 5.93. The van der Waals surface area contributed by atoms with Crippen LogP contribution in [0.3, 0.4) is 0 Å². The van der Waals surface area contributed by atoms with Gasteiger partial charge in [0.2, 0.25) is 0 Å². The first kappa shape index (κ1) is 14.2. The number of Topliss-reactive ketones (excluding diaryl/α,β-unsaturated/α-hetero) is 1. The van der Waals surface area contributed by atoms with E-state index in [9.17, 15) is 13.6 Å². The minimum Gasteiger partial charge on any atom is -0.292 e. The first-order chi connectivity index (χ1) is 9.56. The predicted molar refractivity (Wildman–Crippen MR) is 70.5 cm³/mol. The van der Waals surface area contributed by atoms with Gasteiger partial charge in [0.1, 0.15) is 5.92 Å². The van der Waals surface area contributed by atoms with Crippen LogP contribution >= 0.6 is 11.6 Å². The highest BCUT2D eigenvalue weighted by Crippen LogP contribution is 2.28. The second-order valence-electron chi connectivity index (χ2n) is 4.05. The van der Waals surface area contributed by atoms with Crippen molar-refractivity contribution in [3.8, 4) is 6.07 Å². The van der Waals surface area contributed by atoms with Crippen LogP contribution in [0.25, 0.3) is 0 Å². The number of hydrogen-bond donors (Lipinski definition) is 0. The number of nitrogens with zero attached hydrogens (tertiary/aromatic N) is 1. The van der Waals surface area contributed by atoms with Crippen molar-refractivity contribution in [3.63, 3.8) is 0 Å². The molecule has 0 saturated heterocycles. The van der Waals surface area contributed by atoms with E-state index in [4.69, 9.17) is 16.9 Å². The van der Waals surface area contributed by atoms with Crippen molar-refractivity contribution in [2.45, 2.75) is 5.92 Å². The van der Waals surface area contributed by atoms with E-state index in [1.807, 2.05) is 0 Å². The summed E-state index contributed by atoms with van der Waals surface area (Å²) in [4.78, 5) is 12.2. The molecule has 2 aromatic carbocycles. The van der Waals surface area contributed by atoms with Crippen molar-refractivity contribution < 1.29 is 13.6 Å². The van der Waals surface area contributed by atoms with Gasteiger partial charge in [-0.3, -0.25) is 4.79 Å². The highest BCUT2D eigenvalue weighted by Gasteiger charge is 2.26. The molecule has 2 rings (SSSR count).